The lowest BCUT2D eigenvalue weighted by Crippen LogP contribution is -2.44. The van der Waals surface area contributed by atoms with Crippen molar-refractivity contribution in [3.8, 4) is 0 Å². The maximum absolute atomic E-state index is 6.07. The van der Waals surface area contributed by atoms with Gasteiger partial charge in [-0.1, -0.05) is 11.6 Å². The molecule has 0 amide bonds. The highest BCUT2D eigenvalue weighted by atomic mass is 35.5. The topological polar surface area (TPSA) is 80.2 Å². The molecule has 3 heterocycles. The van der Waals surface area contributed by atoms with Crippen LogP contribution in [0.3, 0.4) is 0 Å². The van der Waals surface area contributed by atoms with E-state index < -0.39 is 0 Å². The molecular weight excluding hydrogens is 290 g/mol. The minimum absolute atomic E-state index is 0.249. The number of nitrogen functional groups attached to an aromatic ring is 1. The van der Waals surface area contributed by atoms with Crippen molar-refractivity contribution in [2.24, 2.45) is 0 Å². The average molecular weight is 304 g/mol. The Morgan fingerprint density at radius 1 is 1.24 bits per heavy atom. The van der Waals surface area contributed by atoms with Crippen LogP contribution in [0, 0.1) is 0 Å². The summed E-state index contributed by atoms with van der Waals surface area (Å²) in [5.41, 5.74) is 8.01. The van der Waals surface area contributed by atoms with Crippen LogP contribution in [0.5, 0.6) is 0 Å². The van der Waals surface area contributed by atoms with Crippen LogP contribution in [0.4, 0.5) is 11.8 Å². The highest BCUT2D eigenvalue weighted by Gasteiger charge is 2.21. The number of aromatic nitrogens is 2. The van der Waals surface area contributed by atoms with Crippen molar-refractivity contribution >= 4 is 45.4 Å². The van der Waals surface area contributed by atoms with Crippen LogP contribution in [0.25, 0.3) is 22.1 Å². The summed E-state index contributed by atoms with van der Waals surface area (Å²) in [5.74, 6) is 1.00. The second-order valence-electron chi connectivity index (χ2n) is 5.06. The van der Waals surface area contributed by atoms with Crippen LogP contribution < -0.4 is 16.0 Å². The fraction of sp³-hybridized carbons (Fsp3) is 0.286. The van der Waals surface area contributed by atoms with Gasteiger partial charge in [-0.25, -0.2) is 4.98 Å². The molecule has 6 nitrogen and oxygen atoms in total. The van der Waals surface area contributed by atoms with Gasteiger partial charge < -0.3 is 20.4 Å². The van der Waals surface area contributed by atoms with Gasteiger partial charge in [0.2, 0.25) is 5.95 Å². The number of nitrogens with zero attached hydrogens (tertiary/aromatic N) is 3. The lowest BCUT2D eigenvalue weighted by Gasteiger charge is -2.28. The Bertz CT molecular complexity index is 825. The van der Waals surface area contributed by atoms with E-state index in [1.165, 1.54) is 0 Å². The van der Waals surface area contributed by atoms with E-state index >= 15 is 0 Å². The van der Waals surface area contributed by atoms with E-state index in [0.29, 0.717) is 16.1 Å². The average Bonchev–Trinajstić information content (AvgIpc) is 2.85. The third-order valence-corrected chi connectivity index (χ3v) is 3.93. The van der Waals surface area contributed by atoms with Crippen LogP contribution >= 0.6 is 11.6 Å². The third kappa shape index (κ3) is 2.07. The van der Waals surface area contributed by atoms with Gasteiger partial charge in [-0.3, -0.25) is 0 Å². The summed E-state index contributed by atoms with van der Waals surface area (Å²) in [6.07, 6.45) is 0. The maximum Gasteiger partial charge on any atom is 0.222 e. The smallest absolute Gasteiger partial charge is 0.222 e. The predicted molar refractivity (Wildman–Crippen MR) is 83.8 cm³/mol. The third-order valence-electron chi connectivity index (χ3n) is 3.69. The van der Waals surface area contributed by atoms with E-state index in [1.54, 1.807) is 6.07 Å². The maximum atomic E-state index is 6.07. The number of benzene rings is 1. The molecule has 0 radical (unpaired) electrons. The van der Waals surface area contributed by atoms with E-state index in [0.717, 1.165) is 43.0 Å². The first-order chi connectivity index (χ1) is 10.2. The zero-order valence-electron chi connectivity index (χ0n) is 11.3. The minimum Gasteiger partial charge on any atom is -0.450 e. The molecule has 1 aromatic carbocycles. The van der Waals surface area contributed by atoms with Gasteiger partial charge in [-0.2, -0.15) is 4.98 Å². The van der Waals surface area contributed by atoms with Crippen LogP contribution in [0.15, 0.2) is 22.6 Å². The minimum atomic E-state index is 0.249. The summed E-state index contributed by atoms with van der Waals surface area (Å²) in [7, 11) is 0. The zero-order chi connectivity index (χ0) is 14.4. The molecule has 3 N–H and O–H groups in total. The Morgan fingerprint density at radius 2 is 2.05 bits per heavy atom. The standard InChI is InChI=1S/C14H14ClN5O/c15-8-1-2-10-9(7-8)11-12(21-10)13(19-14(16)18-11)20-5-3-17-4-6-20/h1-2,7,17H,3-6H2,(H2,16,18,19). The molecular formula is C14H14ClN5O. The fourth-order valence-electron chi connectivity index (χ4n) is 2.71. The van der Waals surface area contributed by atoms with Crippen molar-refractivity contribution in [2.75, 3.05) is 36.8 Å². The molecule has 0 unspecified atom stereocenters. The van der Waals surface area contributed by atoms with Crippen molar-refractivity contribution in [3.05, 3.63) is 23.2 Å². The second kappa shape index (κ2) is 4.75. The number of rotatable bonds is 1. The Kier molecular flexibility index (Phi) is 2.87. The summed E-state index contributed by atoms with van der Waals surface area (Å²) in [6, 6.07) is 5.49. The summed E-state index contributed by atoms with van der Waals surface area (Å²) in [5, 5.41) is 4.83. The molecule has 0 bridgehead atoms. The number of fused-ring (bicyclic) bond motifs is 3. The second-order valence-corrected chi connectivity index (χ2v) is 5.50. The molecule has 1 saturated heterocycles. The molecule has 1 aliphatic rings. The first kappa shape index (κ1) is 12.7. The van der Waals surface area contributed by atoms with Gasteiger partial charge in [0.1, 0.15) is 11.1 Å². The van der Waals surface area contributed by atoms with Crippen LogP contribution in [-0.2, 0) is 0 Å². The van der Waals surface area contributed by atoms with Gasteiger partial charge in [0.05, 0.1) is 0 Å². The lowest BCUT2D eigenvalue weighted by atomic mass is 10.2. The first-order valence-electron chi connectivity index (χ1n) is 6.83. The molecule has 7 heteroatoms. The number of hydrogen-bond donors (Lipinski definition) is 2. The van der Waals surface area contributed by atoms with Crippen molar-refractivity contribution in [1.29, 1.82) is 0 Å². The predicted octanol–water partition coefficient (Wildman–Crippen LogP) is 2.02. The Labute approximate surface area is 125 Å². The largest absolute Gasteiger partial charge is 0.450 e. The SMILES string of the molecule is Nc1nc(N2CCNCC2)c2oc3ccc(Cl)cc3c2n1. The molecule has 21 heavy (non-hydrogen) atoms. The van der Waals surface area contributed by atoms with Gasteiger partial charge in [-0.05, 0) is 18.2 Å². The number of nitrogens with one attached hydrogen (secondary N) is 1. The highest BCUT2D eigenvalue weighted by molar-refractivity contribution is 6.31. The monoisotopic (exact) mass is 303 g/mol. The van der Waals surface area contributed by atoms with E-state index in [2.05, 4.69) is 20.2 Å². The van der Waals surface area contributed by atoms with Crippen molar-refractivity contribution in [2.45, 2.75) is 0 Å². The number of hydrogen-bond acceptors (Lipinski definition) is 6. The van der Waals surface area contributed by atoms with E-state index in [9.17, 15) is 0 Å². The van der Waals surface area contributed by atoms with E-state index in [1.807, 2.05) is 12.1 Å². The molecule has 0 aliphatic carbocycles. The lowest BCUT2D eigenvalue weighted by molar-refractivity contribution is 0.580. The Balaban J connectivity index is 1.99. The van der Waals surface area contributed by atoms with Crippen molar-refractivity contribution in [1.82, 2.24) is 15.3 Å². The van der Waals surface area contributed by atoms with Gasteiger partial charge in [0.25, 0.3) is 0 Å². The molecule has 1 aliphatic heterocycles. The number of halogens is 1. The molecule has 0 atom stereocenters. The normalized spacial score (nSPS) is 16.0. The summed E-state index contributed by atoms with van der Waals surface area (Å²) >= 11 is 6.07. The van der Waals surface area contributed by atoms with Crippen LogP contribution in [0.1, 0.15) is 0 Å². The van der Waals surface area contributed by atoms with Crippen molar-refractivity contribution in [3.63, 3.8) is 0 Å². The van der Waals surface area contributed by atoms with Gasteiger partial charge >= 0.3 is 0 Å². The van der Waals surface area contributed by atoms with Crippen LogP contribution in [-0.4, -0.2) is 36.1 Å². The van der Waals surface area contributed by atoms with Gasteiger partial charge in [0.15, 0.2) is 11.4 Å². The number of anilines is 2. The Hall–Kier alpha value is -2.05. The summed E-state index contributed by atoms with van der Waals surface area (Å²) in [6.45, 7) is 3.56. The van der Waals surface area contributed by atoms with E-state index in [-0.39, 0.29) is 5.95 Å². The first-order valence-corrected chi connectivity index (χ1v) is 7.21. The molecule has 0 spiro atoms. The number of nitrogens with two attached hydrogens (primary N) is 1. The van der Waals surface area contributed by atoms with Crippen molar-refractivity contribution < 1.29 is 4.42 Å². The molecule has 108 valence electrons. The fourth-order valence-corrected chi connectivity index (χ4v) is 2.88. The van der Waals surface area contributed by atoms with Crippen LogP contribution in [0.2, 0.25) is 5.02 Å². The number of piperazine rings is 1. The molecule has 3 aromatic rings. The molecule has 2 aromatic heterocycles. The summed E-state index contributed by atoms with van der Waals surface area (Å²) in [4.78, 5) is 10.9. The summed E-state index contributed by atoms with van der Waals surface area (Å²) < 4.78 is 5.95. The Morgan fingerprint density at radius 3 is 2.86 bits per heavy atom. The van der Waals surface area contributed by atoms with Gasteiger partial charge in [-0.15, -0.1) is 0 Å². The van der Waals surface area contributed by atoms with Gasteiger partial charge in [0, 0.05) is 36.6 Å². The molecule has 0 saturated carbocycles. The molecule has 4 rings (SSSR count). The molecule has 1 fully saturated rings. The quantitative estimate of drug-likeness (QED) is 0.716. The number of furan rings is 1. The van der Waals surface area contributed by atoms with E-state index in [4.69, 9.17) is 21.8 Å². The zero-order valence-corrected chi connectivity index (χ0v) is 12.0. The highest BCUT2D eigenvalue weighted by Crippen LogP contribution is 2.34.